The summed E-state index contributed by atoms with van der Waals surface area (Å²) >= 11 is 0. The van der Waals surface area contributed by atoms with Crippen molar-refractivity contribution in [3.8, 4) is 5.75 Å². The zero-order valence-electron chi connectivity index (χ0n) is 15.3. The third-order valence-electron chi connectivity index (χ3n) is 4.64. The topological polar surface area (TPSA) is 104 Å². The molecule has 2 aromatic carbocycles. The Morgan fingerprint density at radius 1 is 1.14 bits per heavy atom. The molecule has 29 heavy (non-hydrogen) atoms. The van der Waals surface area contributed by atoms with Crippen molar-refractivity contribution in [1.29, 1.82) is 0 Å². The zero-order valence-corrected chi connectivity index (χ0v) is 15.3. The average Bonchev–Trinajstić information content (AvgIpc) is 3.23. The number of hydrogen-bond acceptors (Lipinski definition) is 7. The molecular weight excluding hydrogens is 381 g/mol. The molecule has 148 valence electrons. The molecule has 2 aliphatic rings. The van der Waals surface area contributed by atoms with E-state index in [-0.39, 0.29) is 12.2 Å². The van der Waals surface area contributed by atoms with E-state index in [2.05, 4.69) is 15.7 Å². The standard InChI is InChI=1S/C19H16FN5O4/c1-29-12-8-6-11(7-9-12)25-18(27)16-17(19(25)28)24(23-22-16)10-15(26)21-14-5-3-2-4-13(14)20/h2-9,16-17H,10H2,1H3,(H,21,26)/t16-,17-/m1/s1. The number of halogens is 1. The minimum atomic E-state index is -1.02. The number of carbonyl (C=O) groups is 3. The molecule has 0 bridgehead atoms. The van der Waals surface area contributed by atoms with Crippen LogP contribution in [-0.2, 0) is 14.4 Å². The van der Waals surface area contributed by atoms with Crippen molar-refractivity contribution >= 4 is 29.1 Å². The van der Waals surface area contributed by atoms with E-state index in [0.29, 0.717) is 11.4 Å². The SMILES string of the molecule is COc1ccc(N2C(=O)[C@@H]3N=NN(CC(=O)Nc4ccccc4F)[C@H]3C2=O)cc1. The fourth-order valence-electron chi connectivity index (χ4n) is 3.24. The molecule has 9 nitrogen and oxygen atoms in total. The predicted molar refractivity (Wildman–Crippen MR) is 99.7 cm³/mol. The normalized spacial score (nSPS) is 20.2. The van der Waals surface area contributed by atoms with Gasteiger partial charge in [0.15, 0.2) is 12.1 Å². The van der Waals surface area contributed by atoms with Crippen LogP contribution in [-0.4, -0.2) is 48.5 Å². The van der Waals surface area contributed by atoms with E-state index in [1.807, 2.05) is 0 Å². The number of nitrogens with one attached hydrogen (secondary N) is 1. The van der Waals surface area contributed by atoms with Crippen molar-refractivity contribution in [3.05, 3.63) is 54.3 Å². The van der Waals surface area contributed by atoms with Crippen molar-refractivity contribution in [2.24, 2.45) is 10.3 Å². The van der Waals surface area contributed by atoms with Crippen LogP contribution in [0, 0.1) is 5.82 Å². The van der Waals surface area contributed by atoms with Crippen molar-refractivity contribution in [1.82, 2.24) is 5.01 Å². The van der Waals surface area contributed by atoms with Crippen LogP contribution in [0.25, 0.3) is 0 Å². The Hall–Kier alpha value is -3.82. The highest BCUT2D eigenvalue weighted by Gasteiger charge is 2.55. The molecule has 2 heterocycles. The van der Waals surface area contributed by atoms with Gasteiger partial charge in [-0.3, -0.25) is 19.4 Å². The van der Waals surface area contributed by atoms with Crippen molar-refractivity contribution in [2.45, 2.75) is 12.1 Å². The van der Waals surface area contributed by atoms with Crippen LogP contribution in [0.1, 0.15) is 0 Å². The summed E-state index contributed by atoms with van der Waals surface area (Å²) in [5.74, 6) is -1.64. The molecule has 4 rings (SSSR count). The van der Waals surface area contributed by atoms with Crippen molar-refractivity contribution < 1.29 is 23.5 Å². The molecule has 1 fully saturated rings. The van der Waals surface area contributed by atoms with Gasteiger partial charge in [0.25, 0.3) is 11.8 Å². The average molecular weight is 397 g/mol. The lowest BCUT2D eigenvalue weighted by molar-refractivity contribution is -0.123. The molecular formula is C19H16FN5O4. The number of benzene rings is 2. The number of methoxy groups -OCH3 is 1. The lowest BCUT2D eigenvalue weighted by atomic mass is 10.1. The maximum absolute atomic E-state index is 13.7. The Bertz CT molecular complexity index is 1010. The van der Waals surface area contributed by atoms with Crippen molar-refractivity contribution in [3.63, 3.8) is 0 Å². The van der Waals surface area contributed by atoms with Crippen LogP contribution in [0.5, 0.6) is 5.75 Å². The minimum Gasteiger partial charge on any atom is -0.497 e. The number of ether oxygens (including phenoxy) is 1. The van der Waals surface area contributed by atoms with Crippen LogP contribution in [0.3, 0.4) is 0 Å². The number of para-hydroxylation sites is 1. The van der Waals surface area contributed by atoms with Crippen LogP contribution in [0.2, 0.25) is 0 Å². The van der Waals surface area contributed by atoms with E-state index in [4.69, 9.17) is 4.74 Å². The summed E-state index contributed by atoms with van der Waals surface area (Å²) in [5.41, 5.74) is 0.389. The van der Waals surface area contributed by atoms with Gasteiger partial charge in [-0.25, -0.2) is 9.29 Å². The Labute approximate surface area is 164 Å². The first-order chi connectivity index (χ1) is 14.0. The maximum atomic E-state index is 13.7. The summed E-state index contributed by atoms with van der Waals surface area (Å²) in [4.78, 5) is 38.8. The summed E-state index contributed by atoms with van der Waals surface area (Å²) in [6, 6.07) is 10.1. The van der Waals surface area contributed by atoms with Crippen LogP contribution >= 0.6 is 0 Å². The highest BCUT2D eigenvalue weighted by Crippen LogP contribution is 2.32. The van der Waals surface area contributed by atoms with Crippen LogP contribution in [0.15, 0.2) is 58.9 Å². The van der Waals surface area contributed by atoms with E-state index in [0.717, 1.165) is 9.91 Å². The quantitative estimate of drug-likeness (QED) is 0.775. The molecule has 0 saturated carbocycles. The van der Waals surface area contributed by atoms with Gasteiger partial charge in [0, 0.05) is 0 Å². The number of anilines is 2. The fraction of sp³-hybridized carbons (Fsp3) is 0.211. The minimum absolute atomic E-state index is 0.0128. The molecule has 0 radical (unpaired) electrons. The third-order valence-corrected chi connectivity index (χ3v) is 4.64. The molecule has 2 atom stereocenters. The molecule has 3 amide bonds. The first-order valence-corrected chi connectivity index (χ1v) is 8.73. The number of nitrogens with zero attached hydrogens (tertiary/aromatic N) is 4. The third kappa shape index (κ3) is 3.28. The smallest absolute Gasteiger partial charge is 0.263 e. The Morgan fingerprint density at radius 3 is 2.55 bits per heavy atom. The number of amides is 3. The van der Waals surface area contributed by atoms with E-state index >= 15 is 0 Å². The van der Waals surface area contributed by atoms with Gasteiger partial charge in [-0.15, -0.1) is 0 Å². The lowest BCUT2D eigenvalue weighted by Gasteiger charge is -2.20. The number of fused-ring (bicyclic) bond motifs is 1. The second kappa shape index (κ2) is 7.30. The van der Waals surface area contributed by atoms with Gasteiger partial charge in [0.1, 0.15) is 18.1 Å². The summed E-state index contributed by atoms with van der Waals surface area (Å²) < 4.78 is 18.8. The Kier molecular flexibility index (Phi) is 4.67. The summed E-state index contributed by atoms with van der Waals surface area (Å²) in [5, 5.41) is 11.2. The molecule has 1 saturated heterocycles. The molecule has 2 aromatic rings. The van der Waals surface area contributed by atoms with E-state index in [1.54, 1.807) is 30.3 Å². The molecule has 1 N–H and O–H groups in total. The van der Waals surface area contributed by atoms with Crippen LogP contribution < -0.4 is 15.0 Å². The van der Waals surface area contributed by atoms with E-state index < -0.39 is 35.6 Å². The number of imide groups is 1. The number of hydrogen-bond donors (Lipinski definition) is 1. The summed E-state index contributed by atoms with van der Waals surface area (Å²) in [6.45, 7) is -0.353. The zero-order chi connectivity index (χ0) is 20.5. The molecule has 0 aliphatic carbocycles. The number of carbonyl (C=O) groups excluding carboxylic acids is 3. The van der Waals surface area contributed by atoms with Gasteiger partial charge in [-0.2, -0.15) is 5.11 Å². The number of rotatable bonds is 5. The predicted octanol–water partition coefficient (Wildman–Crippen LogP) is 1.77. The lowest BCUT2D eigenvalue weighted by Crippen LogP contribution is -2.43. The highest BCUT2D eigenvalue weighted by molar-refractivity contribution is 6.25. The van der Waals surface area contributed by atoms with Gasteiger partial charge in [0.2, 0.25) is 5.91 Å². The van der Waals surface area contributed by atoms with Crippen molar-refractivity contribution in [2.75, 3.05) is 23.9 Å². The molecule has 2 aliphatic heterocycles. The first kappa shape index (κ1) is 18.5. The van der Waals surface area contributed by atoms with Gasteiger partial charge >= 0.3 is 0 Å². The second-order valence-corrected chi connectivity index (χ2v) is 6.43. The molecule has 0 aromatic heterocycles. The van der Waals surface area contributed by atoms with Gasteiger partial charge < -0.3 is 10.1 Å². The molecule has 10 heteroatoms. The van der Waals surface area contributed by atoms with Crippen LogP contribution in [0.4, 0.5) is 15.8 Å². The Balaban J connectivity index is 1.49. The van der Waals surface area contributed by atoms with Gasteiger partial charge in [0.05, 0.1) is 18.5 Å². The maximum Gasteiger partial charge on any atom is 0.263 e. The summed E-state index contributed by atoms with van der Waals surface area (Å²) in [7, 11) is 1.51. The Morgan fingerprint density at radius 2 is 1.86 bits per heavy atom. The molecule has 0 unspecified atom stereocenters. The second-order valence-electron chi connectivity index (χ2n) is 6.43. The van der Waals surface area contributed by atoms with Gasteiger partial charge in [-0.05, 0) is 36.4 Å². The largest absolute Gasteiger partial charge is 0.497 e. The molecule has 0 spiro atoms. The van der Waals surface area contributed by atoms with E-state index in [1.165, 1.54) is 25.3 Å². The first-order valence-electron chi connectivity index (χ1n) is 8.73. The van der Waals surface area contributed by atoms with Gasteiger partial charge in [-0.1, -0.05) is 17.4 Å². The highest BCUT2D eigenvalue weighted by atomic mass is 19.1. The summed E-state index contributed by atoms with van der Waals surface area (Å²) in [6.07, 6.45) is 0. The monoisotopic (exact) mass is 397 g/mol. The van der Waals surface area contributed by atoms with E-state index in [9.17, 15) is 18.8 Å². The fourth-order valence-corrected chi connectivity index (χ4v) is 3.24.